The van der Waals surface area contributed by atoms with E-state index in [0.29, 0.717) is 0 Å². The van der Waals surface area contributed by atoms with Gasteiger partial charge in [0, 0.05) is 16.5 Å². The van der Waals surface area contributed by atoms with E-state index in [-0.39, 0.29) is 0 Å². The Morgan fingerprint density at radius 2 is 2.19 bits per heavy atom. The van der Waals surface area contributed by atoms with Crippen LogP contribution in [0.1, 0.15) is 10.6 Å². The monoisotopic (exact) mass is 244 g/mol. The van der Waals surface area contributed by atoms with Crippen LogP contribution in [0.25, 0.3) is 12.2 Å². The predicted molar refractivity (Wildman–Crippen MR) is 69.0 cm³/mol. The average Bonchev–Trinajstić information content (AvgIpc) is 2.81. The Kier molecular flexibility index (Phi) is 3.76. The van der Waals surface area contributed by atoms with Crippen LogP contribution in [0.4, 0.5) is 0 Å². The van der Waals surface area contributed by atoms with Gasteiger partial charge >= 0.3 is 0 Å². The summed E-state index contributed by atoms with van der Waals surface area (Å²) in [7, 11) is 0. The fourth-order valence-electron chi connectivity index (χ4n) is 1.24. The minimum absolute atomic E-state index is 0.969. The molecule has 0 saturated heterocycles. The minimum Gasteiger partial charge on any atom is -0.245 e. The quantitative estimate of drug-likeness (QED) is 0.607. The zero-order valence-corrected chi connectivity index (χ0v) is 9.96. The van der Waals surface area contributed by atoms with E-state index in [1.165, 1.54) is 11.8 Å². The molecule has 0 saturated carbocycles. The summed E-state index contributed by atoms with van der Waals surface area (Å²) in [6, 6.07) is 7.82. The van der Waals surface area contributed by atoms with Crippen LogP contribution in [-0.4, -0.2) is 4.98 Å². The maximum atomic E-state index is 8.67. The normalized spacial score (nSPS) is 10.4. The Morgan fingerprint density at radius 3 is 2.94 bits per heavy atom. The number of thiocyanates is 1. The summed E-state index contributed by atoms with van der Waals surface area (Å²) >= 11 is 2.77. The zero-order chi connectivity index (χ0) is 11.2. The van der Waals surface area contributed by atoms with E-state index in [1.54, 1.807) is 17.5 Å². The Bertz CT molecular complexity index is 524. The van der Waals surface area contributed by atoms with Crippen molar-refractivity contribution in [1.82, 2.24) is 4.98 Å². The van der Waals surface area contributed by atoms with Crippen LogP contribution in [-0.2, 0) is 0 Å². The molecule has 0 N–H and O–H groups in total. The van der Waals surface area contributed by atoms with Crippen molar-refractivity contribution in [2.24, 2.45) is 0 Å². The largest absolute Gasteiger partial charge is 0.245 e. The Balaban J connectivity index is 2.24. The van der Waals surface area contributed by atoms with Crippen LogP contribution >= 0.6 is 23.1 Å². The molecule has 2 rings (SSSR count). The fraction of sp³-hybridized carbons (Fsp3) is 0. The lowest BCUT2D eigenvalue weighted by atomic mass is 10.2. The van der Waals surface area contributed by atoms with Crippen LogP contribution < -0.4 is 0 Å². The third-order valence-corrected chi connectivity index (χ3v) is 3.36. The highest BCUT2D eigenvalue weighted by atomic mass is 32.2. The lowest BCUT2D eigenvalue weighted by molar-refractivity contribution is 1.39. The molecule has 0 amide bonds. The number of rotatable bonds is 3. The standard InChI is InChI=1S/C12H8N2S2/c13-9-16-11-4-2-1-3-10(11)5-6-12-14-7-8-15-12/h1-8H/b6-5+. The molecule has 0 bridgehead atoms. The number of hydrogen-bond donors (Lipinski definition) is 0. The molecule has 0 aliphatic carbocycles. The summed E-state index contributed by atoms with van der Waals surface area (Å²) in [5, 5.41) is 13.7. The van der Waals surface area contributed by atoms with Crippen LogP contribution in [0.3, 0.4) is 0 Å². The van der Waals surface area contributed by atoms with Crippen molar-refractivity contribution < 1.29 is 0 Å². The van der Waals surface area contributed by atoms with Crippen molar-refractivity contribution in [3.63, 3.8) is 0 Å². The second kappa shape index (κ2) is 5.50. The lowest BCUT2D eigenvalue weighted by Crippen LogP contribution is -1.76. The van der Waals surface area contributed by atoms with E-state index in [1.807, 2.05) is 41.8 Å². The molecular formula is C12H8N2S2. The molecule has 1 aromatic heterocycles. The molecule has 16 heavy (non-hydrogen) atoms. The fourth-order valence-corrected chi connectivity index (χ4v) is 2.27. The van der Waals surface area contributed by atoms with Gasteiger partial charge in [0.15, 0.2) is 0 Å². The van der Waals surface area contributed by atoms with Crippen molar-refractivity contribution in [2.45, 2.75) is 4.90 Å². The van der Waals surface area contributed by atoms with Gasteiger partial charge < -0.3 is 0 Å². The summed E-state index contributed by atoms with van der Waals surface area (Å²) in [5.74, 6) is 0. The lowest BCUT2D eigenvalue weighted by Gasteiger charge is -1.98. The second-order valence-corrected chi connectivity index (χ2v) is 4.69. The maximum absolute atomic E-state index is 8.67. The Hall–Kier alpha value is -1.57. The highest BCUT2D eigenvalue weighted by molar-refractivity contribution is 8.03. The van der Waals surface area contributed by atoms with E-state index in [4.69, 9.17) is 5.26 Å². The van der Waals surface area contributed by atoms with Gasteiger partial charge in [0.25, 0.3) is 0 Å². The molecule has 0 fully saturated rings. The van der Waals surface area contributed by atoms with Crippen molar-refractivity contribution in [1.29, 1.82) is 5.26 Å². The van der Waals surface area contributed by atoms with Gasteiger partial charge in [-0.2, -0.15) is 5.26 Å². The van der Waals surface area contributed by atoms with E-state index in [9.17, 15) is 0 Å². The van der Waals surface area contributed by atoms with E-state index in [0.717, 1.165) is 15.5 Å². The van der Waals surface area contributed by atoms with Crippen LogP contribution in [0.15, 0.2) is 40.7 Å². The van der Waals surface area contributed by atoms with Gasteiger partial charge in [-0.25, -0.2) is 4.98 Å². The molecule has 0 aliphatic rings. The number of nitrogens with zero attached hydrogens (tertiary/aromatic N) is 2. The smallest absolute Gasteiger partial charge is 0.138 e. The maximum Gasteiger partial charge on any atom is 0.138 e. The Labute approximate surface area is 102 Å². The second-order valence-electron chi connectivity index (χ2n) is 2.93. The molecule has 0 aliphatic heterocycles. The third-order valence-electron chi connectivity index (χ3n) is 1.93. The van der Waals surface area contributed by atoms with Crippen molar-refractivity contribution in [2.75, 3.05) is 0 Å². The predicted octanol–water partition coefficient (Wildman–Crippen LogP) is 3.89. The molecule has 4 heteroatoms. The summed E-state index contributed by atoms with van der Waals surface area (Å²) < 4.78 is 0. The van der Waals surface area contributed by atoms with Crippen LogP contribution in [0.5, 0.6) is 0 Å². The van der Waals surface area contributed by atoms with Gasteiger partial charge in [-0.1, -0.05) is 24.3 Å². The Morgan fingerprint density at radius 1 is 1.31 bits per heavy atom. The minimum atomic E-state index is 0.969. The van der Waals surface area contributed by atoms with Gasteiger partial charge in [-0.3, -0.25) is 0 Å². The molecule has 1 heterocycles. The van der Waals surface area contributed by atoms with Gasteiger partial charge in [0.1, 0.15) is 10.4 Å². The molecule has 0 spiro atoms. The summed E-state index contributed by atoms with van der Waals surface area (Å²) in [4.78, 5) is 5.14. The van der Waals surface area contributed by atoms with Crippen LogP contribution in [0, 0.1) is 10.7 Å². The molecule has 1 aromatic carbocycles. The summed E-state index contributed by atoms with van der Waals surface area (Å²) in [5.41, 5.74) is 1.05. The highest BCUT2D eigenvalue weighted by Crippen LogP contribution is 2.23. The summed E-state index contributed by atoms with van der Waals surface area (Å²) in [6.45, 7) is 0. The van der Waals surface area contributed by atoms with Crippen molar-refractivity contribution >= 4 is 35.3 Å². The number of thiazole rings is 1. The third kappa shape index (κ3) is 2.72. The van der Waals surface area contributed by atoms with Crippen LogP contribution in [0.2, 0.25) is 0 Å². The van der Waals surface area contributed by atoms with Crippen molar-refractivity contribution in [3.8, 4) is 5.40 Å². The number of benzene rings is 1. The van der Waals surface area contributed by atoms with Gasteiger partial charge in [0.2, 0.25) is 0 Å². The average molecular weight is 244 g/mol. The zero-order valence-electron chi connectivity index (χ0n) is 8.33. The van der Waals surface area contributed by atoms with E-state index >= 15 is 0 Å². The molecule has 0 radical (unpaired) electrons. The first-order chi connectivity index (χ1) is 7.90. The molecule has 2 nitrogen and oxygen atoms in total. The van der Waals surface area contributed by atoms with Gasteiger partial charge in [0.05, 0.1) is 0 Å². The number of thioether (sulfide) groups is 1. The number of aromatic nitrogens is 1. The first-order valence-corrected chi connectivity index (χ1v) is 6.32. The summed E-state index contributed by atoms with van der Waals surface area (Å²) in [6.07, 6.45) is 5.72. The number of hydrogen-bond acceptors (Lipinski definition) is 4. The highest BCUT2D eigenvalue weighted by Gasteiger charge is 1.98. The van der Waals surface area contributed by atoms with Crippen molar-refractivity contribution in [3.05, 3.63) is 46.4 Å². The van der Waals surface area contributed by atoms with Gasteiger partial charge in [-0.15, -0.1) is 11.3 Å². The molecule has 78 valence electrons. The van der Waals surface area contributed by atoms with Gasteiger partial charge in [-0.05, 0) is 29.5 Å². The van der Waals surface area contributed by atoms with E-state index < -0.39 is 0 Å². The molecule has 0 unspecified atom stereocenters. The molecule has 2 aromatic rings. The first-order valence-electron chi connectivity index (χ1n) is 4.62. The first kappa shape index (κ1) is 10.9. The SMILES string of the molecule is N#CSc1ccccc1/C=C/c1nccs1. The molecular weight excluding hydrogens is 236 g/mol. The number of nitriles is 1. The molecule has 0 atom stereocenters. The topological polar surface area (TPSA) is 36.7 Å². The van der Waals surface area contributed by atoms with E-state index in [2.05, 4.69) is 10.4 Å².